The third kappa shape index (κ3) is 3.51. The molecule has 27 heavy (non-hydrogen) atoms. The van der Waals surface area contributed by atoms with Gasteiger partial charge in [0.2, 0.25) is 5.91 Å². The molecule has 0 aliphatic carbocycles. The molecule has 2 aliphatic heterocycles. The van der Waals surface area contributed by atoms with Crippen LogP contribution < -0.4 is 14.8 Å². The predicted molar refractivity (Wildman–Crippen MR) is 103 cm³/mol. The maximum atomic E-state index is 12.8. The number of anilines is 1. The van der Waals surface area contributed by atoms with Gasteiger partial charge in [-0.1, -0.05) is 6.07 Å². The Morgan fingerprint density at radius 3 is 2.96 bits per heavy atom. The molecular formula is C20H21N3O3S. The first-order valence-corrected chi connectivity index (χ1v) is 9.99. The van der Waals surface area contributed by atoms with E-state index in [9.17, 15) is 4.79 Å². The van der Waals surface area contributed by atoms with Crippen molar-refractivity contribution in [1.82, 2.24) is 4.90 Å². The van der Waals surface area contributed by atoms with E-state index in [0.29, 0.717) is 23.8 Å². The van der Waals surface area contributed by atoms with Crippen molar-refractivity contribution in [1.29, 1.82) is 5.26 Å². The minimum absolute atomic E-state index is 0.0848. The Morgan fingerprint density at radius 2 is 2.15 bits per heavy atom. The largest absolute Gasteiger partial charge is 0.486 e. The Balaban J connectivity index is 1.50. The summed E-state index contributed by atoms with van der Waals surface area (Å²) in [4.78, 5) is 15.0. The molecule has 1 aromatic heterocycles. The molecule has 1 N–H and O–H groups in total. The minimum atomic E-state index is -0.292. The summed E-state index contributed by atoms with van der Waals surface area (Å²) in [6.07, 6.45) is 2.04. The smallest absolute Gasteiger partial charge is 0.242 e. The molecular weight excluding hydrogens is 362 g/mol. The molecule has 1 aromatic carbocycles. The number of nitrogens with zero attached hydrogens (tertiary/aromatic N) is 2. The standard InChI is InChI=1S/C20H21N3O3S/c1-13(19(24)22-20-15(12-21)6-10-27-20)23-7-2-3-16(23)14-4-5-17-18(11-14)26-9-8-25-17/h4-6,10-11,13,16H,2-3,7-9H2,1H3,(H,22,24)/t13-,16+/m0/s1. The third-order valence-electron chi connectivity index (χ3n) is 5.14. The van der Waals surface area contributed by atoms with E-state index in [1.165, 1.54) is 11.3 Å². The van der Waals surface area contributed by atoms with Crippen LogP contribution in [-0.2, 0) is 4.79 Å². The van der Waals surface area contributed by atoms with Crippen molar-refractivity contribution in [3.63, 3.8) is 0 Å². The van der Waals surface area contributed by atoms with Gasteiger partial charge in [0, 0.05) is 6.04 Å². The maximum absolute atomic E-state index is 12.8. The van der Waals surface area contributed by atoms with Gasteiger partial charge in [-0.3, -0.25) is 9.69 Å². The SMILES string of the molecule is C[C@@H](C(=O)Nc1sccc1C#N)N1CCC[C@@H]1c1ccc2c(c1)OCCO2. The number of nitriles is 1. The molecule has 6 nitrogen and oxygen atoms in total. The van der Waals surface area contributed by atoms with Gasteiger partial charge in [-0.15, -0.1) is 11.3 Å². The van der Waals surface area contributed by atoms with Crippen LogP contribution in [0.3, 0.4) is 0 Å². The summed E-state index contributed by atoms with van der Waals surface area (Å²) in [6.45, 7) is 3.92. The second kappa shape index (κ2) is 7.59. The number of hydrogen-bond donors (Lipinski definition) is 1. The zero-order chi connectivity index (χ0) is 18.8. The van der Waals surface area contributed by atoms with Crippen molar-refractivity contribution in [2.24, 2.45) is 0 Å². The third-order valence-corrected chi connectivity index (χ3v) is 5.97. The number of nitrogens with one attached hydrogen (secondary N) is 1. The molecule has 0 saturated carbocycles. The van der Waals surface area contributed by atoms with Gasteiger partial charge < -0.3 is 14.8 Å². The van der Waals surface area contributed by atoms with Crippen molar-refractivity contribution in [3.05, 3.63) is 40.8 Å². The lowest BCUT2D eigenvalue weighted by Gasteiger charge is -2.30. The van der Waals surface area contributed by atoms with Gasteiger partial charge in [-0.2, -0.15) is 5.26 Å². The van der Waals surface area contributed by atoms with Crippen LogP contribution in [0.15, 0.2) is 29.6 Å². The van der Waals surface area contributed by atoms with Crippen LogP contribution in [0.4, 0.5) is 5.00 Å². The summed E-state index contributed by atoms with van der Waals surface area (Å²) in [6, 6.07) is 9.76. The number of hydrogen-bond acceptors (Lipinski definition) is 6. The summed E-state index contributed by atoms with van der Waals surface area (Å²) in [7, 11) is 0. The number of thiophene rings is 1. The molecule has 2 atom stereocenters. The summed E-state index contributed by atoms with van der Waals surface area (Å²) in [5.41, 5.74) is 1.65. The van der Waals surface area contributed by atoms with Crippen LogP contribution in [-0.4, -0.2) is 36.6 Å². The van der Waals surface area contributed by atoms with Gasteiger partial charge in [0.05, 0.1) is 11.6 Å². The fraction of sp³-hybridized carbons (Fsp3) is 0.400. The average molecular weight is 383 g/mol. The lowest BCUT2D eigenvalue weighted by molar-refractivity contribution is -0.121. The molecule has 0 spiro atoms. The summed E-state index contributed by atoms with van der Waals surface area (Å²) in [5, 5.41) is 14.5. The second-order valence-corrected chi connectivity index (χ2v) is 7.66. The predicted octanol–water partition coefficient (Wildman–Crippen LogP) is 3.56. The lowest BCUT2D eigenvalue weighted by atomic mass is 10.0. The topological polar surface area (TPSA) is 74.6 Å². The van der Waals surface area contributed by atoms with Gasteiger partial charge in [0.25, 0.3) is 0 Å². The van der Waals surface area contributed by atoms with Crippen molar-refractivity contribution >= 4 is 22.2 Å². The number of amides is 1. The average Bonchev–Trinajstić information content (AvgIpc) is 3.36. The summed E-state index contributed by atoms with van der Waals surface area (Å²) in [5.74, 6) is 1.47. The Labute approximate surface area is 162 Å². The number of likely N-dealkylation sites (tertiary alicyclic amines) is 1. The van der Waals surface area contributed by atoms with Crippen LogP contribution in [0.25, 0.3) is 0 Å². The van der Waals surface area contributed by atoms with Crippen molar-refractivity contribution < 1.29 is 14.3 Å². The van der Waals surface area contributed by atoms with E-state index >= 15 is 0 Å². The van der Waals surface area contributed by atoms with Gasteiger partial charge in [0.1, 0.15) is 24.3 Å². The van der Waals surface area contributed by atoms with Gasteiger partial charge >= 0.3 is 0 Å². The number of fused-ring (bicyclic) bond motifs is 1. The zero-order valence-corrected chi connectivity index (χ0v) is 15.9. The van der Waals surface area contributed by atoms with E-state index < -0.39 is 0 Å². The fourth-order valence-electron chi connectivity index (χ4n) is 3.74. The molecule has 1 fully saturated rings. The molecule has 7 heteroatoms. The van der Waals surface area contributed by atoms with Crippen LogP contribution in [0.1, 0.15) is 36.9 Å². The van der Waals surface area contributed by atoms with Crippen LogP contribution in [0.5, 0.6) is 11.5 Å². The maximum Gasteiger partial charge on any atom is 0.242 e. The van der Waals surface area contributed by atoms with Crippen molar-refractivity contribution in [2.45, 2.75) is 31.8 Å². The van der Waals surface area contributed by atoms with Crippen LogP contribution >= 0.6 is 11.3 Å². The zero-order valence-electron chi connectivity index (χ0n) is 15.1. The summed E-state index contributed by atoms with van der Waals surface area (Å²) >= 11 is 1.37. The molecule has 4 rings (SSSR count). The summed E-state index contributed by atoms with van der Waals surface area (Å²) < 4.78 is 11.3. The van der Waals surface area contributed by atoms with E-state index in [0.717, 1.165) is 36.4 Å². The van der Waals surface area contributed by atoms with Crippen molar-refractivity contribution in [2.75, 3.05) is 25.1 Å². The number of rotatable bonds is 4. The second-order valence-electron chi connectivity index (χ2n) is 6.74. The number of ether oxygens (including phenoxy) is 2. The fourth-order valence-corrected chi connectivity index (χ4v) is 4.48. The van der Waals surface area contributed by atoms with E-state index in [-0.39, 0.29) is 18.0 Å². The highest BCUT2D eigenvalue weighted by atomic mass is 32.1. The minimum Gasteiger partial charge on any atom is -0.486 e. The first-order valence-electron chi connectivity index (χ1n) is 9.11. The number of benzene rings is 1. The quantitative estimate of drug-likeness (QED) is 0.874. The first-order chi connectivity index (χ1) is 13.2. The Bertz CT molecular complexity index is 889. The highest BCUT2D eigenvalue weighted by Crippen LogP contribution is 2.39. The Morgan fingerprint density at radius 1 is 1.33 bits per heavy atom. The molecule has 3 heterocycles. The molecule has 2 aliphatic rings. The van der Waals surface area contributed by atoms with E-state index in [2.05, 4.69) is 22.4 Å². The number of carbonyl (C=O) groups is 1. The van der Waals surface area contributed by atoms with E-state index in [1.807, 2.05) is 24.4 Å². The van der Waals surface area contributed by atoms with E-state index in [4.69, 9.17) is 14.7 Å². The highest BCUT2D eigenvalue weighted by molar-refractivity contribution is 7.14. The van der Waals surface area contributed by atoms with Crippen LogP contribution in [0.2, 0.25) is 0 Å². The Hall–Kier alpha value is -2.56. The van der Waals surface area contributed by atoms with E-state index in [1.54, 1.807) is 6.07 Å². The molecule has 0 radical (unpaired) electrons. The van der Waals surface area contributed by atoms with Gasteiger partial charge in [-0.05, 0) is 55.5 Å². The lowest BCUT2D eigenvalue weighted by Crippen LogP contribution is -2.41. The van der Waals surface area contributed by atoms with Gasteiger partial charge in [-0.25, -0.2) is 0 Å². The molecule has 0 unspecified atom stereocenters. The van der Waals surface area contributed by atoms with Crippen LogP contribution in [0, 0.1) is 11.3 Å². The highest BCUT2D eigenvalue weighted by Gasteiger charge is 2.34. The first kappa shape index (κ1) is 17.8. The monoisotopic (exact) mass is 383 g/mol. The Kier molecular flexibility index (Phi) is 5.01. The van der Waals surface area contributed by atoms with Gasteiger partial charge in [0.15, 0.2) is 11.5 Å². The molecule has 2 aromatic rings. The molecule has 0 bridgehead atoms. The normalized spacial score (nSPS) is 20.1. The van der Waals surface area contributed by atoms with Crippen molar-refractivity contribution in [3.8, 4) is 17.6 Å². The molecule has 1 saturated heterocycles. The number of carbonyl (C=O) groups excluding carboxylic acids is 1. The molecule has 140 valence electrons. The molecule has 1 amide bonds.